The Bertz CT molecular complexity index is 508. The van der Waals surface area contributed by atoms with Gasteiger partial charge >= 0.3 is 6.18 Å². The van der Waals surface area contributed by atoms with Gasteiger partial charge < -0.3 is 5.73 Å². The Morgan fingerprint density at radius 2 is 2.06 bits per heavy atom. The molecular formula is C9H13F3N2O2S2. The van der Waals surface area contributed by atoms with Gasteiger partial charge in [-0.05, 0) is 17.9 Å². The average molecular weight is 302 g/mol. The molecule has 3 N–H and O–H groups in total. The zero-order valence-electron chi connectivity index (χ0n) is 9.54. The van der Waals surface area contributed by atoms with Gasteiger partial charge in [0.1, 0.15) is 4.90 Å². The van der Waals surface area contributed by atoms with E-state index in [9.17, 15) is 21.6 Å². The van der Waals surface area contributed by atoms with E-state index in [1.807, 2.05) is 4.72 Å². The van der Waals surface area contributed by atoms with Gasteiger partial charge in [-0.1, -0.05) is 0 Å². The van der Waals surface area contributed by atoms with Crippen molar-refractivity contribution in [2.45, 2.75) is 31.0 Å². The fourth-order valence-electron chi connectivity index (χ4n) is 1.39. The second-order valence-corrected chi connectivity index (χ2v) is 6.31. The fraction of sp³-hybridized carbons (Fsp3) is 0.556. The molecule has 0 aliphatic rings. The van der Waals surface area contributed by atoms with E-state index >= 15 is 0 Å². The van der Waals surface area contributed by atoms with Crippen LogP contribution >= 0.6 is 11.3 Å². The molecule has 1 aromatic rings. The third-order valence-electron chi connectivity index (χ3n) is 2.14. The molecule has 0 atom stereocenters. The van der Waals surface area contributed by atoms with E-state index in [1.54, 1.807) is 12.3 Å². The van der Waals surface area contributed by atoms with Gasteiger partial charge in [0.15, 0.2) is 0 Å². The lowest BCUT2D eigenvalue weighted by Crippen LogP contribution is -2.29. The highest BCUT2D eigenvalue weighted by atomic mass is 32.2. The van der Waals surface area contributed by atoms with E-state index in [1.165, 1.54) is 11.3 Å². The monoisotopic (exact) mass is 302 g/mol. The fourth-order valence-corrected chi connectivity index (χ4v) is 4.12. The van der Waals surface area contributed by atoms with Gasteiger partial charge in [0.2, 0.25) is 10.0 Å². The molecule has 0 bridgehead atoms. The van der Waals surface area contributed by atoms with Crippen molar-refractivity contribution in [1.82, 2.24) is 4.72 Å². The molecule has 18 heavy (non-hydrogen) atoms. The smallest absolute Gasteiger partial charge is 0.326 e. The van der Waals surface area contributed by atoms with Crippen molar-refractivity contribution >= 4 is 21.4 Å². The van der Waals surface area contributed by atoms with Crippen molar-refractivity contribution in [2.75, 3.05) is 6.54 Å². The number of sulfonamides is 1. The molecule has 0 radical (unpaired) electrons. The first-order chi connectivity index (χ1) is 8.17. The van der Waals surface area contributed by atoms with Crippen LogP contribution in [0.15, 0.2) is 10.3 Å². The molecule has 1 heterocycles. The Hall–Kier alpha value is -0.640. The van der Waals surface area contributed by atoms with E-state index < -0.39 is 29.2 Å². The summed E-state index contributed by atoms with van der Waals surface area (Å²) in [6.07, 6.45) is -5.59. The maximum atomic E-state index is 11.9. The molecule has 0 amide bonds. The molecule has 0 aromatic carbocycles. The van der Waals surface area contributed by atoms with Crippen LogP contribution in [-0.4, -0.2) is 21.1 Å². The molecule has 1 aromatic heterocycles. The quantitative estimate of drug-likeness (QED) is 0.870. The number of rotatable bonds is 5. The minimum Gasteiger partial charge on any atom is -0.326 e. The Balaban J connectivity index is 2.84. The Morgan fingerprint density at radius 3 is 2.56 bits per heavy atom. The summed E-state index contributed by atoms with van der Waals surface area (Å²) in [5.74, 6) is 0. The topological polar surface area (TPSA) is 72.2 Å². The van der Waals surface area contributed by atoms with Gasteiger partial charge in [0, 0.05) is 18.0 Å². The van der Waals surface area contributed by atoms with Crippen LogP contribution in [0.2, 0.25) is 0 Å². The molecule has 9 heteroatoms. The lowest BCUT2D eigenvalue weighted by Gasteiger charge is -2.10. The zero-order valence-corrected chi connectivity index (χ0v) is 11.2. The number of hydrogen-bond acceptors (Lipinski definition) is 4. The molecule has 0 unspecified atom stereocenters. The molecule has 0 aliphatic carbocycles. The van der Waals surface area contributed by atoms with E-state index in [-0.39, 0.29) is 11.4 Å². The summed E-state index contributed by atoms with van der Waals surface area (Å²) < 4.78 is 61.5. The van der Waals surface area contributed by atoms with E-state index in [0.717, 1.165) is 0 Å². The second-order valence-electron chi connectivity index (χ2n) is 3.64. The third-order valence-corrected chi connectivity index (χ3v) is 5.09. The van der Waals surface area contributed by atoms with Crippen molar-refractivity contribution in [3.8, 4) is 0 Å². The molecular weight excluding hydrogens is 289 g/mol. The maximum absolute atomic E-state index is 11.9. The highest BCUT2D eigenvalue weighted by molar-refractivity contribution is 7.89. The van der Waals surface area contributed by atoms with Crippen LogP contribution in [0.5, 0.6) is 0 Å². The van der Waals surface area contributed by atoms with Crippen LogP contribution in [0.3, 0.4) is 0 Å². The van der Waals surface area contributed by atoms with Gasteiger partial charge in [-0.25, -0.2) is 13.1 Å². The summed E-state index contributed by atoms with van der Waals surface area (Å²) in [5, 5.41) is 1.61. The number of aryl methyl sites for hydroxylation is 1. The third kappa shape index (κ3) is 3.94. The molecule has 0 saturated carbocycles. The van der Waals surface area contributed by atoms with Crippen molar-refractivity contribution < 1.29 is 21.6 Å². The lowest BCUT2D eigenvalue weighted by molar-refractivity contribution is -0.132. The Morgan fingerprint density at radius 1 is 1.44 bits per heavy atom. The first-order valence-corrected chi connectivity index (χ1v) is 7.37. The summed E-state index contributed by atoms with van der Waals surface area (Å²) in [6, 6.07) is 0. The zero-order chi connectivity index (χ0) is 14.0. The van der Waals surface area contributed by atoms with Crippen LogP contribution in [-0.2, 0) is 16.6 Å². The van der Waals surface area contributed by atoms with Crippen LogP contribution in [0, 0.1) is 6.92 Å². The van der Waals surface area contributed by atoms with E-state index in [0.29, 0.717) is 10.4 Å². The predicted molar refractivity (Wildman–Crippen MR) is 62.8 cm³/mol. The number of hydrogen-bond donors (Lipinski definition) is 2. The van der Waals surface area contributed by atoms with Gasteiger partial charge in [-0.3, -0.25) is 0 Å². The maximum Gasteiger partial charge on any atom is 0.390 e. The van der Waals surface area contributed by atoms with Gasteiger partial charge in [0.05, 0.1) is 6.42 Å². The minimum absolute atomic E-state index is 0.00262. The molecule has 0 saturated heterocycles. The first kappa shape index (κ1) is 15.4. The number of nitrogens with two attached hydrogens (primary N) is 1. The van der Waals surface area contributed by atoms with Crippen LogP contribution in [0.1, 0.15) is 16.9 Å². The Kier molecular flexibility index (Phi) is 4.76. The largest absolute Gasteiger partial charge is 0.390 e. The van der Waals surface area contributed by atoms with Crippen molar-refractivity contribution in [1.29, 1.82) is 0 Å². The van der Waals surface area contributed by atoms with Crippen LogP contribution in [0.25, 0.3) is 0 Å². The summed E-state index contributed by atoms with van der Waals surface area (Å²) in [7, 11) is -3.93. The minimum atomic E-state index is -4.39. The van der Waals surface area contributed by atoms with Gasteiger partial charge in [-0.15, -0.1) is 11.3 Å². The standard InChI is InChI=1S/C9H13F3N2O2S2/c1-6-5-17-7(4-13)8(6)18(15,16)14-3-2-9(10,11)12/h5,14H,2-4,13H2,1H3. The van der Waals surface area contributed by atoms with E-state index in [2.05, 4.69) is 0 Å². The summed E-state index contributed by atoms with van der Waals surface area (Å²) in [5.41, 5.74) is 5.88. The SMILES string of the molecule is Cc1csc(CN)c1S(=O)(=O)NCCC(F)(F)F. The summed E-state index contributed by atoms with van der Waals surface area (Å²) in [6.45, 7) is 0.938. The van der Waals surface area contributed by atoms with Crippen molar-refractivity contribution in [3.05, 3.63) is 15.8 Å². The summed E-state index contributed by atoms with van der Waals surface area (Å²) >= 11 is 1.18. The number of alkyl halides is 3. The molecule has 4 nitrogen and oxygen atoms in total. The number of thiophene rings is 1. The molecule has 0 fully saturated rings. The molecule has 1 rings (SSSR count). The predicted octanol–water partition coefficient (Wildman–Crippen LogP) is 1.75. The van der Waals surface area contributed by atoms with E-state index in [4.69, 9.17) is 5.73 Å². The van der Waals surface area contributed by atoms with Crippen molar-refractivity contribution in [2.24, 2.45) is 5.73 Å². The average Bonchev–Trinajstić information content (AvgIpc) is 2.57. The molecule has 104 valence electrons. The summed E-state index contributed by atoms with van der Waals surface area (Å²) in [4.78, 5) is 0.434. The van der Waals surface area contributed by atoms with Crippen LogP contribution < -0.4 is 10.5 Å². The Labute approximate surface area is 107 Å². The normalized spacial score (nSPS) is 12.9. The highest BCUT2D eigenvalue weighted by Crippen LogP contribution is 2.26. The lowest BCUT2D eigenvalue weighted by atomic mass is 10.3. The highest BCUT2D eigenvalue weighted by Gasteiger charge is 2.28. The second kappa shape index (κ2) is 5.55. The first-order valence-electron chi connectivity index (χ1n) is 5.01. The number of nitrogens with one attached hydrogen (secondary N) is 1. The number of halogens is 3. The van der Waals surface area contributed by atoms with Crippen molar-refractivity contribution in [3.63, 3.8) is 0 Å². The molecule has 0 aliphatic heterocycles. The molecule has 0 spiro atoms. The van der Waals surface area contributed by atoms with Crippen LogP contribution in [0.4, 0.5) is 13.2 Å². The van der Waals surface area contributed by atoms with Gasteiger partial charge in [-0.2, -0.15) is 13.2 Å². The van der Waals surface area contributed by atoms with Gasteiger partial charge in [0.25, 0.3) is 0 Å².